The van der Waals surface area contributed by atoms with Crippen LogP contribution in [0.2, 0.25) is 5.02 Å². The molecule has 1 N–H and O–H groups in total. The van der Waals surface area contributed by atoms with Gasteiger partial charge in [0.2, 0.25) is 0 Å². The summed E-state index contributed by atoms with van der Waals surface area (Å²) < 4.78 is 13.1. The lowest BCUT2D eigenvalue weighted by atomic mass is 10.3. The summed E-state index contributed by atoms with van der Waals surface area (Å²) in [6.45, 7) is 1.55. The molecule has 1 aromatic heterocycles. The Morgan fingerprint density at radius 2 is 2.11 bits per heavy atom. The maximum absolute atomic E-state index is 5.81. The smallest absolute Gasteiger partial charge is 0.195 e. The highest BCUT2D eigenvalue weighted by atomic mass is 35.5. The SMILES string of the molecule is COCCn1c(COc2ccc(Cl)cc2)n[nH]c1=S. The number of nitrogens with one attached hydrogen (secondary N) is 1. The predicted molar refractivity (Wildman–Crippen MR) is 75.1 cm³/mol. The van der Waals surface area contributed by atoms with Crippen LogP contribution in [0.4, 0.5) is 0 Å². The highest BCUT2D eigenvalue weighted by molar-refractivity contribution is 7.71. The van der Waals surface area contributed by atoms with E-state index in [1.165, 1.54) is 0 Å². The average Bonchev–Trinajstić information content (AvgIpc) is 2.76. The number of benzene rings is 1. The fourth-order valence-electron chi connectivity index (χ4n) is 1.55. The summed E-state index contributed by atoms with van der Waals surface area (Å²) in [4.78, 5) is 0. The van der Waals surface area contributed by atoms with Gasteiger partial charge in [0, 0.05) is 12.1 Å². The van der Waals surface area contributed by atoms with Crippen LogP contribution in [0.3, 0.4) is 0 Å². The van der Waals surface area contributed by atoms with Gasteiger partial charge in [0.05, 0.1) is 13.2 Å². The number of aromatic amines is 1. The second-order valence-electron chi connectivity index (χ2n) is 3.83. The molecule has 0 saturated carbocycles. The monoisotopic (exact) mass is 299 g/mol. The summed E-state index contributed by atoms with van der Waals surface area (Å²) >= 11 is 11.0. The zero-order valence-electron chi connectivity index (χ0n) is 10.4. The first-order valence-corrected chi connectivity index (χ1v) is 6.50. The number of ether oxygens (including phenoxy) is 2. The van der Waals surface area contributed by atoms with Gasteiger partial charge in [0.15, 0.2) is 10.6 Å². The van der Waals surface area contributed by atoms with E-state index in [-0.39, 0.29) is 0 Å². The average molecular weight is 300 g/mol. The van der Waals surface area contributed by atoms with Gasteiger partial charge in [0.25, 0.3) is 0 Å². The highest BCUT2D eigenvalue weighted by Crippen LogP contribution is 2.16. The van der Waals surface area contributed by atoms with E-state index in [1.54, 1.807) is 19.2 Å². The first kappa shape index (κ1) is 14.0. The van der Waals surface area contributed by atoms with Gasteiger partial charge in [-0.25, -0.2) is 0 Å². The van der Waals surface area contributed by atoms with Crippen molar-refractivity contribution in [3.05, 3.63) is 39.9 Å². The molecule has 2 aromatic rings. The lowest BCUT2D eigenvalue weighted by Crippen LogP contribution is -2.10. The van der Waals surface area contributed by atoms with Crippen molar-refractivity contribution in [1.82, 2.24) is 14.8 Å². The number of aromatic nitrogens is 3. The molecule has 0 aliphatic carbocycles. The largest absolute Gasteiger partial charge is 0.486 e. The van der Waals surface area contributed by atoms with E-state index >= 15 is 0 Å². The molecule has 0 aliphatic heterocycles. The van der Waals surface area contributed by atoms with Gasteiger partial charge in [0.1, 0.15) is 12.4 Å². The Hall–Kier alpha value is -1.37. The quantitative estimate of drug-likeness (QED) is 0.833. The third-order valence-electron chi connectivity index (χ3n) is 2.54. The zero-order valence-corrected chi connectivity index (χ0v) is 12.0. The van der Waals surface area contributed by atoms with E-state index in [0.29, 0.717) is 29.6 Å². The normalized spacial score (nSPS) is 10.6. The van der Waals surface area contributed by atoms with Gasteiger partial charge in [-0.2, -0.15) is 5.10 Å². The predicted octanol–water partition coefficient (Wildman–Crippen LogP) is 2.82. The van der Waals surface area contributed by atoms with Crippen molar-refractivity contribution in [2.75, 3.05) is 13.7 Å². The molecule has 1 heterocycles. The number of nitrogens with zero attached hydrogens (tertiary/aromatic N) is 2. The van der Waals surface area contributed by atoms with Gasteiger partial charge in [-0.1, -0.05) is 11.6 Å². The maximum Gasteiger partial charge on any atom is 0.195 e. The summed E-state index contributed by atoms with van der Waals surface area (Å²) in [5.74, 6) is 1.47. The lowest BCUT2D eigenvalue weighted by Gasteiger charge is -2.08. The second-order valence-corrected chi connectivity index (χ2v) is 4.66. The number of halogens is 1. The van der Waals surface area contributed by atoms with Crippen LogP contribution >= 0.6 is 23.8 Å². The van der Waals surface area contributed by atoms with Crippen molar-refractivity contribution in [2.45, 2.75) is 13.2 Å². The van der Waals surface area contributed by atoms with Crippen molar-refractivity contribution in [2.24, 2.45) is 0 Å². The summed E-state index contributed by atoms with van der Waals surface area (Å²) in [6.07, 6.45) is 0. The van der Waals surface area contributed by atoms with Gasteiger partial charge in [-0.15, -0.1) is 0 Å². The molecule has 102 valence electrons. The molecule has 0 unspecified atom stereocenters. The van der Waals surface area contributed by atoms with Crippen LogP contribution in [0.25, 0.3) is 0 Å². The Kier molecular flexibility index (Phi) is 4.95. The molecule has 2 rings (SSSR count). The first-order valence-electron chi connectivity index (χ1n) is 5.72. The summed E-state index contributed by atoms with van der Waals surface area (Å²) in [7, 11) is 1.65. The molecule has 0 spiro atoms. The third kappa shape index (κ3) is 3.79. The third-order valence-corrected chi connectivity index (χ3v) is 3.10. The van der Waals surface area contributed by atoms with E-state index in [2.05, 4.69) is 10.2 Å². The van der Waals surface area contributed by atoms with Crippen molar-refractivity contribution < 1.29 is 9.47 Å². The van der Waals surface area contributed by atoms with Crippen LogP contribution in [0, 0.1) is 4.77 Å². The van der Waals surface area contributed by atoms with Crippen LogP contribution in [-0.4, -0.2) is 28.5 Å². The van der Waals surface area contributed by atoms with E-state index in [0.717, 1.165) is 11.6 Å². The first-order chi connectivity index (χ1) is 9.20. The second kappa shape index (κ2) is 6.70. The van der Waals surface area contributed by atoms with E-state index < -0.39 is 0 Å². The number of H-pyrrole nitrogens is 1. The van der Waals surface area contributed by atoms with Gasteiger partial charge in [-0.3, -0.25) is 9.67 Å². The molecule has 7 heteroatoms. The molecular weight excluding hydrogens is 286 g/mol. The molecule has 1 aromatic carbocycles. The van der Waals surface area contributed by atoms with Crippen LogP contribution in [-0.2, 0) is 17.9 Å². The van der Waals surface area contributed by atoms with E-state index in [1.807, 2.05) is 16.7 Å². The van der Waals surface area contributed by atoms with Gasteiger partial charge < -0.3 is 9.47 Å². The fourth-order valence-corrected chi connectivity index (χ4v) is 1.92. The van der Waals surface area contributed by atoms with Crippen molar-refractivity contribution >= 4 is 23.8 Å². The minimum Gasteiger partial charge on any atom is -0.486 e. The summed E-state index contributed by atoms with van der Waals surface area (Å²) in [5.41, 5.74) is 0. The summed E-state index contributed by atoms with van der Waals surface area (Å²) in [5, 5.41) is 7.57. The number of hydrogen-bond acceptors (Lipinski definition) is 4. The Bertz CT molecular complexity index is 579. The highest BCUT2D eigenvalue weighted by Gasteiger charge is 2.06. The minimum absolute atomic E-state index is 0.332. The molecule has 0 bridgehead atoms. The van der Waals surface area contributed by atoms with E-state index in [4.69, 9.17) is 33.3 Å². The molecule has 0 amide bonds. The van der Waals surface area contributed by atoms with Gasteiger partial charge >= 0.3 is 0 Å². The molecular formula is C12H14ClN3O2S. The van der Waals surface area contributed by atoms with Crippen LogP contribution in [0.15, 0.2) is 24.3 Å². The lowest BCUT2D eigenvalue weighted by molar-refractivity contribution is 0.183. The van der Waals surface area contributed by atoms with Crippen LogP contribution in [0.1, 0.15) is 5.82 Å². The molecule has 0 atom stereocenters. The minimum atomic E-state index is 0.332. The van der Waals surface area contributed by atoms with Crippen molar-refractivity contribution in [3.8, 4) is 5.75 Å². The Balaban J connectivity index is 2.03. The van der Waals surface area contributed by atoms with Crippen LogP contribution in [0.5, 0.6) is 5.75 Å². The zero-order chi connectivity index (χ0) is 13.7. The summed E-state index contributed by atoms with van der Waals surface area (Å²) in [6, 6.07) is 7.17. The Labute approximate surface area is 121 Å². The van der Waals surface area contributed by atoms with Crippen LogP contribution < -0.4 is 4.74 Å². The standard InChI is InChI=1S/C12H14ClN3O2S/c1-17-7-6-16-11(14-15-12(16)19)8-18-10-4-2-9(13)3-5-10/h2-5H,6-8H2,1H3,(H,15,19). The molecule has 0 radical (unpaired) electrons. The van der Waals surface area contributed by atoms with E-state index in [9.17, 15) is 0 Å². The molecule has 19 heavy (non-hydrogen) atoms. The Morgan fingerprint density at radius 1 is 1.37 bits per heavy atom. The molecule has 0 saturated heterocycles. The number of rotatable bonds is 6. The number of hydrogen-bond donors (Lipinski definition) is 1. The molecule has 0 fully saturated rings. The van der Waals surface area contributed by atoms with Crippen molar-refractivity contribution in [1.29, 1.82) is 0 Å². The topological polar surface area (TPSA) is 52.1 Å². The van der Waals surface area contributed by atoms with Crippen molar-refractivity contribution in [3.63, 3.8) is 0 Å². The molecule has 0 aliphatic rings. The number of methoxy groups -OCH3 is 1. The maximum atomic E-state index is 5.81. The van der Waals surface area contributed by atoms with Gasteiger partial charge in [-0.05, 0) is 36.5 Å². The fraction of sp³-hybridized carbons (Fsp3) is 0.333. The Morgan fingerprint density at radius 3 is 2.79 bits per heavy atom. The molecule has 5 nitrogen and oxygen atoms in total.